The number of hydrogen-bond acceptors (Lipinski definition) is 5. The van der Waals surface area contributed by atoms with Crippen molar-refractivity contribution in [3.05, 3.63) is 45.2 Å². The van der Waals surface area contributed by atoms with Crippen LogP contribution >= 0.6 is 11.6 Å². The number of aliphatic hydroxyl groups excluding tert-OH is 1. The van der Waals surface area contributed by atoms with E-state index in [0.717, 1.165) is 0 Å². The monoisotopic (exact) mass is 254 g/mol. The van der Waals surface area contributed by atoms with E-state index in [1.165, 1.54) is 29.1 Å². The maximum absolute atomic E-state index is 10.6. The standard InChI is InChI=1S/C9H7ClN4O3/c10-8-2-1-7(14(16)17)3-9(8)13-4-6(5-15)11-12-13/h1-4,15H,5H2. The molecule has 0 saturated carbocycles. The molecule has 0 bridgehead atoms. The van der Waals surface area contributed by atoms with Gasteiger partial charge in [0, 0.05) is 12.1 Å². The summed E-state index contributed by atoms with van der Waals surface area (Å²) in [5.74, 6) is 0. The molecule has 88 valence electrons. The number of aliphatic hydroxyl groups is 1. The van der Waals surface area contributed by atoms with Crippen molar-refractivity contribution in [2.45, 2.75) is 6.61 Å². The van der Waals surface area contributed by atoms with Crippen molar-refractivity contribution in [3.63, 3.8) is 0 Å². The van der Waals surface area contributed by atoms with E-state index in [9.17, 15) is 10.1 Å². The zero-order chi connectivity index (χ0) is 12.4. The molecule has 0 atom stereocenters. The van der Waals surface area contributed by atoms with Crippen molar-refractivity contribution in [1.82, 2.24) is 15.0 Å². The van der Waals surface area contributed by atoms with Gasteiger partial charge in [0.2, 0.25) is 0 Å². The SMILES string of the molecule is O=[N+]([O-])c1ccc(Cl)c(-n2cc(CO)nn2)c1. The molecule has 0 aliphatic rings. The van der Waals surface area contributed by atoms with Gasteiger partial charge in [-0.15, -0.1) is 5.10 Å². The average Bonchev–Trinajstić information content (AvgIpc) is 2.77. The molecule has 0 unspecified atom stereocenters. The normalized spacial score (nSPS) is 10.5. The van der Waals surface area contributed by atoms with Crippen LogP contribution in [0.2, 0.25) is 5.02 Å². The third kappa shape index (κ3) is 2.24. The Balaban J connectivity index is 2.49. The number of non-ortho nitro benzene ring substituents is 1. The summed E-state index contributed by atoms with van der Waals surface area (Å²) < 4.78 is 1.28. The minimum absolute atomic E-state index is 0.0922. The molecule has 0 aliphatic heterocycles. The van der Waals surface area contributed by atoms with E-state index in [2.05, 4.69) is 10.3 Å². The number of halogens is 1. The third-order valence-electron chi connectivity index (χ3n) is 2.09. The second-order valence-corrected chi connectivity index (χ2v) is 3.61. The van der Waals surface area contributed by atoms with Crippen LogP contribution in [-0.2, 0) is 6.61 Å². The van der Waals surface area contributed by atoms with Crippen LogP contribution in [-0.4, -0.2) is 25.0 Å². The van der Waals surface area contributed by atoms with Gasteiger partial charge in [0.15, 0.2) is 0 Å². The molecule has 0 spiro atoms. The summed E-state index contributed by atoms with van der Waals surface area (Å²) in [7, 11) is 0. The fraction of sp³-hybridized carbons (Fsp3) is 0.111. The van der Waals surface area contributed by atoms with Crippen LogP contribution in [0.25, 0.3) is 5.69 Å². The molecule has 0 radical (unpaired) electrons. The Kier molecular flexibility index (Phi) is 3.03. The Morgan fingerprint density at radius 3 is 2.88 bits per heavy atom. The van der Waals surface area contributed by atoms with Crippen molar-refractivity contribution in [3.8, 4) is 5.69 Å². The number of rotatable bonds is 3. The fourth-order valence-corrected chi connectivity index (χ4v) is 1.48. The molecule has 0 saturated heterocycles. The first kappa shape index (κ1) is 11.5. The van der Waals surface area contributed by atoms with Gasteiger partial charge in [0.1, 0.15) is 5.69 Å². The van der Waals surface area contributed by atoms with Crippen LogP contribution in [0.3, 0.4) is 0 Å². The minimum atomic E-state index is -0.524. The number of hydrogen-bond donors (Lipinski definition) is 1. The first-order valence-corrected chi connectivity index (χ1v) is 4.96. The molecular weight excluding hydrogens is 248 g/mol. The largest absolute Gasteiger partial charge is 0.390 e. The van der Waals surface area contributed by atoms with Crippen molar-refractivity contribution in [1.29, 1.82) is 0 Å². The number of nitro benzene ring substituents is 1. The van der Waals surface area contributed by atoms with E-state index in [4.69, 9.17) is 16.7 Å². The summed E-state index contributed by atoms with van der Waals surface area (Å²) in [6.07, 6.45) is 1.45. The number of nitrogens with zero attached hydrogens (tertiary/aromatic N) is 4. The molecule has 7 nitrogen and oxygen atoms in total. The van der Waals surface area contributed by atoms with Crippen molar-refractivity contribution in [2.75, 3.05) is 0 Å². The highest BCUT2D eigenvalue weighted by Crippen LogP contribution is 2.24. The van der Waals surface area contributed by atoms with Crippen molar-refractivity contribution >= 4 is 17.3 Å². The number of benzene rings is 1. The molecule has 1 aromatic carbocycles. The molecular formula is C9H7ClN4O3. The maximum atomic E-state index is 10.6. The first-order valence-electron chi connectivity index (χ1n) is 4.58. The van der Waals surface area contributed by atoms with E-state index in [1.54, 1.807) is 0 Å². The van der Waals surface area contributed by atoms with E-state index < -0.39 is 4.92 Å². The minimum Gasteiger partial charge on any atom is -0.390 e. The summed E-state index contributed by atoms with van der Waals surface area (Å²) in [5, 5.41) is 27.2. The summed E-state index contributed by atoms with van der Waals surface area (Å²) in [6, 6.07) is 4.00. The second-order valence-electron chi connectivity index (χ2n) is 3.21. The highest BCUT2D eigenvalue weighted by atomic mass is 35.5. The lowest BCUT2D eigenvalue weighted by Gasteiger charge is -2.02. The van der Waals surface area contributed by atoms with Gasteiger partial charge in [-0.1, -0.05) is 16.8 Å². The maximum Gasteiger partial charge on any atom is 0.271 e. The number of aromatic nitrogens is 3. The lowest BCUT2D eigenvalue weighted by Crippen LogP contribution is -1.98. The van der Waals surface area contributed by atoms with E-state index in [-0.39, 0.29) is 12.3 Å². The van der Waals surface area contributed by atoms with E-state index in [0.29, 0.717) is 16.4 Å². The fourth-order valence-electron chi connectivity index (χ4n) is 1.28. The lowest BCUT2D eigenvalue weighted by molar-refractivity contribution is -0.384. The Hall–Kier alpha value is -1.99. The van der Waals surface area contributed by atoms with Crippen LogP contribution in [0.1, 0.15) is 5.69 Å². The molecule has 1 heterocycles. The van der Waals surface area contributed by atoms with Gasteiger partial charge in [0.05, 0.1) is 28.4 Å². The van der Waals surface area contributed by atoms with Gasteiger partial charge in [-0.3, -0.25) is 10.1 Å². The van der Waals surface area contributed by atoms with Crippen LogP contribution in [0, 0.1) is 10.1 Å². The molecule has 2 rings (SSSR count). The third-order valence-corrected chi connectivity index (χ3v) is 2.41. The smallest absolute Gasteiger partial charge is 0.271 e. The van der Waals surface area contributed by atoms with Crippen molar-refractivity contribution in [2.24, 2.45) is 0 Å². The van der Waals surface area contributed by atoms with Gasteiger partial charge in [0.25, 0.3) is 5.69 Å². The predicted molar refractivity (Wildman–Crippen MR) is 58.9 cm³/mol. The quantitative estimate of drug-likeness (QED) is 0.658. The Morgan fingerprint density at radius 1 is 1.53 bits per heavy atom. The van der Waals surface area contributed by atoms with Crippen LogP contribution in [0.4, 0.5) is 5.69 Å². The molecule has 2 aromatic rings. The predicted octanol–water partition coefficient (Wildman–Crippen LogP) is 1.32. The van der Waals surface area contributed by atoms with Gasteiger partial charge < -0.3 is 5.11 Å². The Bertz CT molecular complexity index is 569. The molecule has 8 heteroatoms. The molecule has 0 aliphatic carbocycles. The van der Waals surface area contributed by atoms with Crippen LogP contribution in [0.5, 0.6) is 0 Å². The van der Waals surface area contributed by atoms with Crippen LogP contribution in [0.15, 0.2) is 24.4 Å². The number of nitro groups is 1. The van der Waals surface area contributed by atoms with Gasteiger partial charge in [-0.2, -0.15) is 0 Å². The summed E-state index contributed by atoms with van der Waals surface area (Å²) in [6.45, 7) is -0.257. The molecule has 0 fully saturated rings. The molecule has 1 N–H and O–H groups in total. The highest BCUT2D eigenvalue weighted by Gasteiger charge is 2.12. The topological polar surface area (TPSA) is 94.1 Å². The van der Waals surface area contributed by atoms with Gasteiger partial charge in [-0.05, 0) is 6.07 Å². The zero-order valence-corrected chi connectivity index (χ0v) is 9.20. The van der Waals surface area contributed by atoms with Crippen molar-refractivity contribution < 1.29 is 10.0 Å². The zero-order valence-electron chi connectivity index (χ0n) is 8.45. The second kappa shape index (κ2) is 4.48. The summed E-state index contributed by atoms with van der Waals surface area (Å²) >= 11 is 5.91. The van der Waals surface area contributed by atoms with Gasteiger partial charge in [-0.25, -0.2) is 4.68 Å². The van der Waals surface area contributed by atoms with E-state index >= 15 is 0 Å². The lowest BCUT2D eigenvalue weighted by atomic mass is 10.3. The first-order chi connectivity index (χ1) is 8.11. The summed E-state index contributed by atoms with van der Waals surface area (Å²) in [5.41, 5.74) is 0.603. The van der Waals surface area contributed by atoms with E-state index in [1.807, 2.05) is 0 Å². The van der Waals surface area contributed by atoms with Crippen LogP contribution < -0.4 is 0 Å². The average molecular weight is 255 g/mol. The summed E-state index contributed by atoms with van der Waals surface area (Å²) in [4.78, 5) is 10.1. The molecule has 17 heavy (non-hydrogen) atoms. The van der Waals surface area contributed by atoms with Gasteiger partial charge >= 0.3 is 0 Å². The Morgan fingerprint density at radius 2 is 2.29 bits per heavy atom. The molecule has 1 aromatic heterocycles. The highest BCUT2D eigenvalue weighted by molar-refractivity contribution is 6.32. The molecule has 0 amide bonds. The Labute approximate surface area is 100 Å².